The zero-order valence-electron chi connectivity index (χ0n) is 14.3. The third-order valence-electron chi connectivity index (χ3n) is 3.80. The van der Waals surface area contributed by atoms with Gasteiger partial charge in [0, 0.05) is 23.7 Å². The predicted molar refractivity (Wildman–Crippen MR) is 93.6 cm³/mol. The van der Waals surface area contributed by atoms with E-state index in [9.17, 15) is 17.2 Å². The molecule has 1 heterocycles. The number of hydrogen-bond acceptors (Lipinski definition) is 5. The van der Waals surface area contributed by atoms with Crippen LogP contribution < -0.4 is 9.46 Å². The van der Waals surface area contributed by atoms with E-state index in [0.29, 0.717) is 6.54 Å². The van der Waals surface area contributed by atoms with Crippen LogP contribution in [0.3, 0.4) is 0 Å². The summed E-state index contributed by atoms with van der Waals surface area (Å²) in [5, 5.41) is 3.88. The minimum atomic E-state index is -3.82. The van der Waals surface area contributed by atoms with Gasteiger partial charge in [-0.25, -0.2) is 26.9 Å². The lowest BCUT2D eigenvalue weighted by Gasteiger charge is -2.13. The molecule has 0 atom stereocenters. The van der Waals surface area contributed by atoms with Crippen molar-refractivity contribution in [1.29, 1.82) is 0 Å². The van der Waals surface area contributed by atoms with Gasteiger partial charge in [0.1, 0.15) is 30.0 Å². The standard InChI is InChI=1S/C17H16F2N4O3S/c1-26-17-9-13(27(24,25)22-6-7-23-11-20-10-21-23)3-4-14(17)15-8-12(18)2-5-16(15)19/h2-5,8-11,22H,6-7H2,1H3. The summed E-state index contributed by atoms with van der Waals surface area (Å²) in [6.45, 7) is 0.414. The highest BCUT2D eigenvalue weighted by molar-refractivity contribution is 7.89. The van der Waals surface area contributed by atoms with Gasteiger partial charge in [0.2, 0.25) is 10.0 Å². The van der Waals surface area contributed by atoms with Crippen LogP contribution >= 0.6 is 0 Å². The fourth-order valence-corrected chi connectivity index (χ4v) is 3.53. The first kappa shape index (κ1) is 18.9. The third-order valence-corrected chi connectivity index (χ3v) is 5.26. The highest BCUT2D eigenvalue weighted by Crippen LogP contribution is 2.34. The van der Waals surface area contributed by atoms with Gasteiger partial charge in [0.25, 0.3) is 0 Å². The van der Waals surface area contributed by atoms with Crippen molar-refractivity contribution >= 4 is 10.0 Å². The molecule has 0 spiro atoms. The van der Waals surface area contributed by atoms with Gasteiger partial charge in [-0.3, -0.25) is 4.68 Å². The zero-order valence-corrected chi connectivity index (χ0v) is 15.1. The second-order valence-electron chi connectivity index (χ2n) is 5.54. The van der Waals surface area contributed by atoms with E-state index >= 15 is 0 Å². The van der Waals surface area contributed by atoms with Crippen molar-refractivity contribution < 1.29 is 21.9 Å². The fraction of sp³-hybridized carbons (Fsp3) is 0.176. The van der Waals surface area contributed by atoms with Crippen LogP contribution in [-0.2, 0) is 16.6 Å². The van der Waals surface area contributed by atoms with Crippen LogP contribution in [0, 0.1) is 11.6 Å². The van der Waals surface area contributed by atoms with E-state index in [-0.39, 0.29) is 28.3 Å². The first-order valence-corrected chi connectivity index (χ1v) is 9.34. The Bertz CT molecular complexity index is 1040. The monoisotopic (exact) mass is 394 g/mol. The van der Waals surface area contributed by atoms with Gasteiger partial charge in [-0.2, -0.15) is 5.10 Å². The molecule has 0 aliphatic rings. The summed E-state index contributed by atoms with van der Waals surface area (Å²) in [5.41, 5.74) is 0.228. The molecule has 0 aliphatic carbocycles. The van der Waals surface area contributed by atoms with Crippen molar-refractivity contribution in [3.63, 3.8) is 0 Å². The largest absolute Gasteiger partial charge is 0.496 e. The van der Waals surface area contributed by atoms with E-state index in [1.165, 1.54) is 42.6 Å². The van der Waals surface area contributed by atoms with E-state index in [0.717, 1.165) is 18.2 Å². The average Bonchev–Trinajstić information content (AvgIpc) is 3.16. The predicted octanol–water partition coefficient (Wildman–Crippen LogP) is 2.21. The van der Waals surface area contributed by atoms with Crippen LogP contribution in [0.15, 0.2) is 53.9 Å². The molecule has 142 valence electrons. The van der Waals surface area contributed by atoms with Crippen molar-refractivity contribution in [3.05, 3.63) is 60.7 Å². The molecule has 0 fully saturated rings. The van der Waals surface area contributed by atoms with E-state index in [1.54, 1.807) is 0 Å². The molecular weight excluding hydrogens is 378 g/mol. The number of benzene rings is 2. The van der Waals surface area contributed by atoms with E-state index in [2.05, 4.69) is 14.8 Å². The van der Waals surface area contributed by atoms with Crippen LogP contribution in [0.2, 0.25) is 0 Å². The summed E-state index contributed by atoms with van der Waals surface area (Å²) < 4.78 is 61.5. The minimum Gasteiger partial charge on any atom is -0.496 e. The lowest BCUT2D eigenvalue weighted by Crippen LogP contribution is -2.27. The highest BCUT2D eigenvalue weighted by Gasteiger charge is 2.18. The van der Waals surface area contributed by atoms with Crippen LogP contribution in [0.1, 0.15) is 0 Å². The molecule has 3 rings (SSSR count). The number of methoxy groups -OCH3 is 1. The molecule has 1 aromatic heterocycles. The molecule has 0 aliphatic heterocycles. The molecule has 0 amide bonds. The molecule has 0 unspecified atom stereocenters. The van der Waals surface area contributed by atoms with Gasteiger partial charge >= 0.3 is 0 Å². The molecular formula is C17H16F2N4O3S. The number of nitrogens with one attached hydrogen (secondary N) is 1. The molecule has 0 saturated heterocycles. The first-order chi connectivity index (χ1) is 12.9. The van der Waals surface area contributed by atoms with E-state index in [1.807, 2.05) is 0 Å². The number of hydrogen-bond donors (Lipinski definition) is 1. The minimum absolute atomic E-state index is 0.0186. The maximum absolute atomic E-state index is 14.0. The van der Waals surface area contributed by atoms with Crippen molar-refractivity contribution in [3.8, 4) is 16.9 Å². The first-order valence-electron chi connectivity index (χ1n) is 7.86. The van der Waals surface area contributed by atoms with Crippen molar-refractivity contribution in [1.82, 2.24) is 19.5 Å². The van der Waals surface area contributed by atoms with Gasteiger partial charge in [-0.1, -0.05) is 0 Å². The second kappa shape index (κ2) is 7.80. The summed E-state index contributed by atoms with van der Waals surface area (Å²) in [4.78, 5) is 3.71. The quantitative estimate of drug-likeness (QED) is 0.664. The Morgan fingerprint density at radius 2 is 1.96 bits per heavy atom. The van der Waals surface area contributed by atoms with Crippen molar-refractivity contribution in [2.75, 3.05) is 13.7 Å². The Hall–Kier alpha value is -2.85. The molecule has 3 aromatic rings. The number of sulfonamides is 1. The van der Waals surface area contributed by atoms with E-state index in [4.69, 9.17) is 4.74 Å². The Morgan fingerprint density at radius 3 is 2.67 bits per heavy atom. The molecule has 0 saturated carbocycles. The smallest absolute Gasteiger partial charge is 0.240 e. The Morgan fingerprint density at radius 1 is 1.15 bits per heavy atom. The van der Waals surface area contributed by atoms with Crippen LogP contribution in [0.5, 0.6) is 5.75 Å². The van der Waals surface area contributed by atoms with Gasteiger partial charge in [-0.15, -0.1) is 0 Å². The Kier molecular flexibility index (Phi) is 5.47. The number of aromatic nitrogens is 3. The number of halogens is 2. The molecule has 10 heteroatoms. The zero-order chi connectivity index (χ0) is 19.4. The van der Waals surface area contributed by atoms with Gasteiger partial charge in [-0.05, 0) is 30.3 Å². The maximum Gasteiger partial charge on any atom is 0.240 e. The van der Waals surface area contributed by atoms with E-state index < -0.39 is 21.7 Å². The molecule has 2 aromatic carbocycles. The lowest BCUT2D eigenvalue weighted by atomic mass is 10.0. The molecule has 0 bridgehead atoms. The normalized spacial score (nSPS) is 11.5. The second-order valence-corrected chi connectivity index (χ2v) is 7.31. The van der Waals surface area contributed by atoms with Crippen LogP contribution in [0.25, 0.3) is 11.1 Å². The molecule has 27 heavy (non-hydrogen) atoms. The summed E-state index contributed by atoms with van der Waals surface area (Å²) >= 11 is 0. The SMILES string of the molecule is COc1cc(S(=O)(=O)NCCn2cncn2)ccc1-c1cc(F)ccc1F. The highest BCUT2D eigenvalue weighted by atomic mass is 32.2. The molecule has 0 radical (unpaired) electrons. The summed E-state index contributed by atoms with van der Waals surface area (Å²) in [6.07, 6.45) is 2.82. The van der Waals surface area contributed by atoms with Gasteiger partial charge in [0.15, 0.2) is 0 Å². The van der Waals surface area contributed by atoms with Gasteiger partial charge < -0.3 is 4.74 Å². The molecule has 7 nitrogen and oxygen atoms in total. The summed E-state index contributed by atoms with van der Waals surface area (Å²) in [6, 6.07) is 6.97. The summed E-state index contributed by atoms with van der Waals surface area (Å²) in [7, 11) is -2.50. The lowest BCUT2D eigenvalue weighted by molar-refractivity contribution is 0.414. The van der Waals surface area contributed by atoms with Crippen molar-refractivity contribution in [2.45, 2.75) is 11.4 Å². The topological polar surface area (TPSA) is 86.1 Å². The number of nitrogens with zero attached hydrogens (tertiary/aromatic N) is 3. The van der Waals surface area contributed by atoms with Crippen molar-refractivity contribution in [2.24, 2.45) is 0 Å². The number of ether oxygens (including phenoxy) is 1. The summed E-state index contributed by atoms with van der Waals surface area (Å²) in [5.74, 6) is -1.14. The maximum atomic E-state index is 14.0. The number of rotatable bonds is 7. The van der Waals surface area contributed by atoms with Crippen LogP contribution in [0.4, 0.5) is 8.78 Å². The van der Waals surface area contributed by atoms with Crippen LogP contribution in [-0.4, -0.2) is 36.8 Å². The van der Waals surface area contributed by atoms with Gasteiger partial charge in [0.05, 0.1) is 18.6 Å². The average molecular weight is 394 g/mol. The Balaban J connectivity index is 1.85. The fourth-order valence-electron chi connectivity index (χ4n) is 2.49. The Labute approximate surface area is 154 Å². The third kappa shape index (κ3) is 4.29. The molecule has 1 N–H and O–H groups in total.